The maximum atomic E-state index is 14.5. The van der Waals surface area contributed by atoms with Crippen molar-refractivity contribution >= 4 is 48.9 Å². The van der Waals surface area contributed by atoms with E-state index in [1.165, 1.54) is 24.3 Å². The van der Waals surface area contributed by atoms with E-state index < -0.39 is 15.7 Å². The van der Waals surface area contributed by atoms with Gasteiger partial charge in [-0.2, -0.15) is 4.98 Å². The molecular formula is C25H20BrClFN3O3S. The zero-order valence-corrected chi connectivity index (χ0v) is 21.5. The first kappa shape index (κ1) is 23.8. The normalized spacial score (nSPS) is 14.4. The van der Waals surface area contributed by atoms with E-state index in [2.05, 4.69) is 25.8 Å². The molecule has 0 spiro atoms. The lowest BCUT2D eigenvalue weighted by atomic mass is 10.2. The molecule has 5 rings (SSSR count). The molecule has 2 heterocycles. The molecule has 1 aromatic heterocycles. The minimum absolute atomic E-state index is 0.0768. The highest BCUT2D eigenvalue weighted by atomic mass is 79.9. The van der Waals surface area contributed by atoms with Crippen LogP contribution in [0.2, 0.25) is 5.02 Å². The maximum Gasteiger partial charge on any atom is 0.236 e. The van der Waals surface area contributed by atoms with Crippen LogP contribution in [0.3, 0.4) is 0 Å². The predicted molar refractivity (Wildman–Crippen MR) is 137 cm³/mol. The number of piperazine rings is 1. The van der Waals surface area contributed by atoms with Gasteiger partial charge in [0.05, 0.1) is 10.5 Å². The van der Waals surface area contributed by atoms with E-state index >= 15 is 0 Å². The van der Waals surface area contributed by atoms with Crippen LogP contribution in [0.15, 0.2) is 91.6 Å². The van der Waals surface area contributed by atoms with Crippen LogP contribution < -0.4 is 9.80 Å². The number of rotatable bonds is 5. The minimum Gasteiger partial charge on any atom is -0.419 e. The van der Waals surface area contributed by atoms with Gasteiger partial charge < -0.3 is 14.2 Å². The SMILES string of the molecule is O=S(=O)(c1ccc(Br)cc1)c1nc(-c2ccccc2F)oc1N1CCN(c2cccc(Cl)c2)CC1. The fourth-order valence-corrected chi connectivity index (χ4v) is 5.76. The van der Waals surface area contributed by atoms with Crippen molar-refractivity contribution in [1.82, 2.24) is 4.98 Å². The summed E-state index contributed by atoms with van der Waals surface area (Å²) in [5.41, 5.74) is 1.09. The molecule has 4 aromatic rings. The van der Waals surface area contributed by atoms with Crippen molar-refractivity contribution in [3.8, 4) is 11.5 Å². The summed E-state index contributed by atoms with van der Waals surface area (Å²) in [6, 6.07) is 19.9. The van der Waals surface area contributed by atoms with E-state index in [9.17, 15) is 12.8 Å². The molecule has 0 radical (unpaired) electrons. The van der Waals surface area contributed by atoms with Gasteiger partial charge in [-0.25, -0.2) is 12.8 Å². The summed E-state index contributed by atoms with van der Waals surface area (Å²) >= 11 is 9.47. The minimum atomic E-state index is -4.03. The van der Waals surface area contributed by atoms with Gasteiger partial charge in [0.25, 0.3) is 0 Å². The zero-order chi connectivity index (χ0) is 24.6. The van der Waals surface area contributed by atoms with Crippen molar-refractivity contribution in [3.63, 3.8) is 0 Å². The molecule has 1 aliphatic heterocycles. The molecule has 6 nitrogen and oxygen atoms in total. The number of nitrogens with zero attached hydrogens (tertiary/aromatic N) is 3. The quantitative estimate of drug-likeness (QED) is 0.288. The summed E-state index contributed by atoms with van der Waals surface area (Å²) in [6.07, 6.45) is 0. The first-order chi connectivity index (χ1) is 16.8. The number of oxazole rings is 1. The Bertz CT molecular complexity index is 1470. The Morgan fingerprint density at radius 1 is 0.914 bits per heavy atom. The molecule has 0 atom stereocenters. The molecule has 10 heteroatoms. The van der Waals surface area contributed by atoms with Crippen molar-refractivity contribution in [2.75, 3.05) is 36.0 Å². The molecule has 1 aliphatic rings. The predicted octanol–water partition coefficient (Wildman–Crippen LogP) is 6.06. The first-order valence-corrected chi connectivity index (χ1v) is 13.5. The van der Waals surface area contributed by atoms with Gasteiger partial charge in [0, 0.05) is 41.4 Å². The fraction of sp³-hybridized carbons (Fsp3) is 0.160. The summed E-state index contributed by atoms with van der Waals surface area (Å²) in [6.45, 7) is 2.21. The van der Waals surface area contributed by atoms with Gasteiger partial charge in [-0.05, 0) is 54.6 Å². The molecule has 3 aromatic carbocycles. The molecule has 0 amide bonds. The van der Waals surface area contributed by atoms with Gasteiger partial charge in [0.2, 0.25) is 26.6 Å². The van der Waals surface area contributed by atoms with Crippen LogP contribution in [-0.4, -0.2) is 39.6 Å². The highest BCUT2D eigenvalue weighted by Gasteiger charge is 2.33. The van der Waals surface area contributed by atoms with Crippen LogP contribution in [-0.2, 0) is 9.84 Å². The Labute approximate surface area is 216 Å². The lowest BCUT2D eigenvalue weighted by molar-refractivity contribution is 0.521. The molecule has 0 N–H and O–H groups in total. The van der Waals surface area contributed by atoms with E-state index in [4.69, 9.17) is 16.0 Å². The van der Waals surface area contributed by atoms with Crippen molar-refractivity contribution < 1.29 is 17.2 Å². The number of hydrogen-bond acceptors (Lipinski definition) is 6. The van der Waals surface area contributed by atoms with Crippen LogP contribution in [0.25, 0.3) is 11.5 Å². The lowest BCUT2D eigenvalue weighted by Gasteiger charge is -2.36. The first-order valence-electron chi connectivity index (χ1n) is 10.8. The van der Waals surface area contributed by atoms with Crippen LogP contribution >= 0.6 is 27.5 Å². The Morgan fingerprint density at radius 3 is 2.29 bits per heavy atom. The van der Waals surface area contributed by atoms with Gasteiger partial charge in [0.15, 0.2) is 0 Å². The van der Waals surface area contributed by atoms with E-state index in [1.54, 1.807) is 24.3 Å². The van der Waals surface area contributed by atoms with Gasteiger partial charge in [-0.3, -0.25) is 0 Å². The average molecular weight is 577 g/mol. The fourth-order valence-electron chi connectivity index (χ4n) is 3.99. The van der Waals surface area contributed by atoms with Crippen molar-refractivity contribution in [2.45, 2.75) is 9.92 Å². The van der Waals surface area contributed by atoms with E-state index in [0.29, 0.717) is 31.2 Å². The molecule has 0 aliphatic carbocycles. The molecule has 0 saturated carbocycles. The van der Waals surface area contributed by atoms with E-state index in [0.717, 1.165) is 10.2 Å². The second-order valence-corrected chi connectivity index (χ2v) is 11.2. The number of anilines is 2. The van der Waals surface area contributed by atoms with Crippen molar-refractivity contribution in [2.24, 2.45) is 0 Å². The Balaban J connectivity index is 1.52. The van der Waals surface area contributed by atoms with Gasteiger partial charge in [0.1, 0.15) is 5.82 Å². The third-order valence-electron chi connectivity index (χ3n) is 5.80. The van der Waals surface area contributed by atoms with Crippen LogP contribution in [0.1, 0.15) is 0 Å². The number of benzene rings is 3. The molecule has 0 unspecified atom stereocenters. The second-order valence-electron chi connectivity index (χ2n) is 8.02. The Kier molecular flexibility index (Phi) is 6.57. The summed E-state index contributed by atoms with van der Waals surface area (Å²) in [4.78, 5) is 8.38. The average Bonchev–Trinajstić information content (AvgIpc) is 3.31. The zero-order valence-electron chi connectivity index (χ0n) is 18.4. The topological polar surface area (TPSA) is 66.7 Å². The maximum absolute atomic E-state index is 14.5. The molecule has 1 fully saturated rings. The Hall–Kier alpha value is -2.88. The summed E-state index contributed by atoms with van der Waals surface area (Å²) < 4.78 is 48.4. The third-order valence-corrected chi connectivity index (χ3v) is 8.23. The van der Waals surface area contributed by atoms with Crippen molar-refractivity contribution in [3.05, 3.63) is 88.1 Å². The molecule has 1 saturated heterocycles. The highest BCUT2D eigenvalue weighted by molar-refractivity contribution is 9.10. The Morgan fingerprint density at radius 2 is 1.60 bits per heavy atom. The van der Waals surface area contributed by atoms with Gasteiger partial charge in [-0.15, -0.1) is 0 Å². The summed E-state index contributed by atoms with van der Waals surface area (Å²) in [5.74, 6) is -0.512. The molecule has 180 valence electrons. The number of hydrogen-bond donors (Lipinski definition) is 0. The van der Waals surface area contributed by atoms with Crippen LogP contribution in [0, 0.1) is 5.82 Å². The lowest BCUT2D eigenvalue weighted by Crippen LogP contribution is -2.46. The van der Waals surface area contributed by atoms with Crippen LogP contribution in [0.4, 0.5) is 16.0 Å². The standard InChI is InChI=1S/C25H20BrClFN3O3S/c26-17-8-10-20(11-9-17)35(32,33)24-25(34-23(29-24)21-6-1-2-7-22(21)28)31-14-12-30(13-15-31)19-5-3-4-18(27)16-19/h1-11,16H,12-15H2. The second kappa shape index (κ2) is 9.64. The number of halogens is 3. The van der Waals surface area contributed by atoms with E-state index in [-0.39, 0.29) is 27.3 Å². The highest BCUT2D eigenvalue weighted by Crippen LogP contribution is 2.36. The van der Waals surface area contributed by atoms with Crippen molar-refractivity contribution in [1.29, 1.82) is 0 Å². The smallest absolute Gasteiger partial charge is 0.236 e. The molecule has 0 bridgehead atoms. The van der Waals surface area contributed by atoms with Gasteiger partial charge in [-0.1, -0.05) is 45.7 Å². The number of sulfone groups is 1. The summed E-state index contributed by atoms with van der Waals surface area (Å²) in [7, 11) is -4.03. The largest absolute Gasteiger partial charge is 0.419 e. The number of aromatic nitrogens is 1. The van der Waals surface area contributed by atoms with E-state index in [1.807, 2.05) is 29.2 Å². The monoisotopic (exact) mass is 575 g/mol. The summed E-state index contributed by atoms with van der Waals surface area (Å²) in [5, 5.41) is 0.423. The molecular weight excluding hydrogens is 557 g/mol. The van der Waals surface area contributed by atoms with Crippen LogP contribution in [0.5, 0.6) is 0 Å². The third kappa shape index (κ3) is 4.80. The molecule has 35 heavy (non-hydrogen) atoms. The van der Waals surface area contributed by atoms with Gasteiger partial charge >= 0.3 is 0 Å².